The van der Waals surface area contributed by atoms with Crippen LogP contribution in [0.25, 0.3) is 0 Å². The number of hydrogen-bond acceptors (Lipinski definition) is 5. The number of nitriles is 1. The van der Waals surface area contributed by atoms with Gasteiger partial charge in [-0.1, -0.05) is 36.4 Å². The topological polar surface area (TPSA) is 122 Å². The lowest BCUT2D eigenvalue weighted by atomic mass is 10.1. The van der Waals surface area contributed by atoms with Gasteiger partial charge < -0.3 is 10.1 Å². The van der Waals surface area contributed by atoms with Gasteiger partial charge in [0.1, 0.15) is 16.4 Å². The smallest absolute Gasteiger partial charge is 0.241 e. The van der Waals surface area contributed by atoms with Gasteiger partial charge in [-0.05, 0) is 42.0 Å². The summed E-state index contributed by atoms with van der Waals surface area (Å²) in [6.45, 7) is 0. The van der Waals surface area contributed by atoms with Crippen molar-refractivity contribution in [3.05, 3.63) is 83.9 Å². The van der Waals surface area contributed by atoms with Crippen LogP contribution in [-0.4, -0.2) is 14.3 Å². The monoisotopic (exact) mass is 407 g/mol. The van der Waals surface area contributed by atoms with Gasteiger partial charge in [-0.25, -0.2) is 13.6 Å². The van der Waals surface area contributed by atoms with Crippen molar-refractivity contribution >= 4 is 21.6 Å². The second kappa shape index (κ2) is 8.56. The Kier molecular flexibility index (Phi) is 5.93. The van der Waals surface area contributed by atoms with Crippen LogP contribution in [0.15, 0.2) is 77.7 Å². The van der Waals surface area contributed by atoms with Gasteiger partial charge in [-0.2, -0.15) is 5.26 Å². The van der Waals surface area contributed by atoms with Crippen molar-refractivity contribution in [3.63, 3.8) is 0 Å². The molecule has 0 spiro atoms. The molecule has 8 heteroatoms. The van der Waals surface area contributed by atoms with Crippen LogP contribution in [0.5, 0.6) is 11.5 Å². The van der Waals surface area contributed by atoms with E-state index in [-0.39, 0.29) is 34.4 Å². The van der Waals surface area contributed by atoms with Crippen LogP contribution >= 0.6 is 0 Å². The van der Waals surface area contributed by atoms with Crippen LogP contribution in [0, 0.1) is 11.3 Å². The van der Waals surface area contributed by atoms with E-state index >= 15 is 0 Å². The van der Waals surface area contributed by atoms with E-state index in [1.54, 1.807) is 18.2 Å². The van der Waals surface area contributed by atoms with Gasteiger partial charge in [0.25, 0.3) is 0 Å². The van der Waals surface area contributed by atoms with E-state index in [2.05, 4.69) is 5.32 Å². The maximum absolute atomic E-state index is 12.2. The Hall–Kier alpha value is -3.67. The van der Waals surface area contributed by atoms with Crippen LogP contribution in [-0.2, 0) is 21.2 Å². The number of benzene rings is 3. The van der Waals surface area contributed by atoms with Gasteiger partial charge in [0, 0.05) is 5.69 Å². The van der Waals surface area contributed by atoms with E-state index in [4.69, 9.17) is 15.1 Å². The third kappa shape index (κ3) is 5.42. The summed E-state index contributed by atoms with van der Waals surface area (Å²) in [6, 6.07) is 21.6. The number of amides is 1. The highest BCUT2D eigenvalue weighted by atomic mass is 32.2. The van der Waals surface area contributed by atoms with Crippen molar-refractivity contribution < 1.29 is 17.9 Å². The minimum absolute atomic E-state index is 0.0105. The first-order chi connectivity index (χ1) is 13.8. The fraction of sp³-hybridized carbons (Fsp3) is 0.0476. The van der Waals surface area contributed by atoms with Gasteiger partial charge in [-0.15, -0.1) is 0 Å². The summed E-state index contributed by atoms with van der Waals surface area (Å²) in [4.78, 5) is 12.0. The highest BCUT2D eigenvalue weighted by Gasteiger charge is 2.18. The zero-order valence-corrected chi connectivity index (χ0v) is 16.0. The van der Waals surface area contributed by atoms with E-state index in [1.165, 1.54) is 24.3 Å². The molecule has 3 aromatic rings. The summed E-state index contributed by atoms with van der Waals surface area (Å²) < 4.78 is 29.7. The maximum Gasteiger partial charge on any atom is 0.241 e. The minimum Gasteiger partial charge on any atom is -0.456 e. The molecule has 146 valence electrons. The number of hydrogen-bond donors (Lipinski definition) is 2. The average Bonchev–Trinajstić information content (AvgIpc) is 2.69. The van der Waals surface area contributed by atoms with Crippen molar-refractivity contribution in [1.82, 2.24) is 0 Å². The predicted octanol–water partition coefficient (Wildman–Crippen LogP) is 3.18. The van der Waals surface area contributed by atoms with Crippen molar-refractivity contribution in [1.29, 1.82) is 5.26 Å². The summed E-state index contributed by atoms with van der Waals surface area (Å²) in [5.74, 6) is -0.0228. The molecule has 29 heavy (non-hydrogen) atoms. The number of sulfonamides is 1. The summed E-state index contributed by atoms with van der Waals surface area (Å²) in [7, 11) is -4.13. The predicted molar refractivity (Wildman–Crippen MR) is 108 cm³/mol. The summed E-state index contributed by atoms with van der Waals surface area (Å²) in [5, 5.41) is 16.9. The zero-order valence-electron chi connectivity index (χ0n) is 15.2. The molecule has 3 rings (SSSR count). The lowest BCUT2D eigenvalue weighted by Gasteiger charge is -2.12. The Bertz CT molecular complexity index is 1190. The molecule has 0 atom stereocenters. The van der Waals surface area contributed by atoms with Crippen LogP contribution in [0.4, 0.5) is 5.69 Å². The molecule has 0 aliphatic carbocycles. The Morgan fingerprint density at radius 3 is 2.48 bits per heavy atom. The first-order valence-electron chi connectivity index (χ1n) is 8.54. The largest absolute Gasteiger partial charge is 0.456 e. The molecule has 0 saturated heterocycles. The number of nitrogens with two attached hydrogens (primary N) is 1. The summed E-state index contributed by atoms with van der Waals surface area (Å²) >= 11 is 0. The Morgan fingerprint density at radius 1 is 1.03 bits per heavy atom. The van der Waals surface area contributed by atoms with E-state index in [0.717, 1.165) is 5.56 Å². The number of rotatable bonds is 6. The number of nitrogens with zero attached hydrogens (tertiary/aromatic N) is 1. The molecule has 3 aromatic carbocycles. The zero-order chi connectivity index (χ0) is 20.9. The quantitative estimate of drug-likeness (QED) is 0.650. The maximum atomic E-state index is 12.2. The Balaban J connectivity index is 1.84. The summed E-state index contributed by atoms with van der Waals surface area (Å²) in [6.07, 6.45) is 0.144. The number of ether oxygens (including phenoxy) is 1. The van der Waals surface area contributed by atoms with E-state index < -0.39 is 10.0 Å². The van der Waals surface area contributed by atoms with Gasteiger partial charge in [-0.3, -0.25) is 4.79 Å². The van der Waals surface area contributed by atoms with Crippen molar-refractivity contribution in [2.45, 2.75) is 11.3 Å². The van der Waals surface area contributed by atoms with Crippen LogP contribution in [0.1, 0.15) is 11.1 Å². The Labute approximate surface area is 168 Å². The molecule has 0 unspecified atom stereocenters. The van der Waals surface area contributed by atoms with Crippen LogP contribution in [0.2, 0.25) is 0 Å². The average molecular weight is 407 g/mol. The number of carbonyl (C=O) groups excluding carboxylic acids is 1. The minimum atomic E-state index is -4.13. The van der Waals surface area contributed by atoms with Gasteiger partial charge in [0.05, 0.1) is 18.1 Å². The molecule has 0 bridgehead atoms. The SMILES string of the molecule is N#Cc1cccc(Oc2ccc(NC(=O)Cc3ccccc3)cc2S(N)(=O)=O)c1. The third-order valence-corrected chi connectivity index (χ3v) is 4.86. The fourth-order valence-electron chi connectivity index (χ4n) is 2.64. The highest BCUT2D eigenvalue weighted by molar-refractivity contribution is 7.89. The second-order valence-electron chi connectivity index (χ2n) is 6.16. The number of nitrogens with one attached hydrogen (secondary N) is 1. The molecule has 1 amide bonds. The second-order valence-corrected chi connectivity index (χ2v) is 7.69. The van der Waals surface area contributed by atoms with Crippen LogP contribution in [0.3, 0.4) is 0 Å². The van der Waals surface area contributed by atoms with Gasteiger partial charge >= 0.3 is 0 Å². The third-order valence-electron chi connectivity index (χ3n) is 3.93. The summed E-state index contributed by atoms with van der Waals surface area (Å²) in [5.41, 5.74) is 1.46. The van der Waals surface area contributed by atoms with Gasteiger partial charge in [0.2, 0.25) is 15.9 Å². The molecule has 7 nitrogen and oxygen atoms in total. The van der Waals surface area contributed by atoms with Crippen LogP contribution < -0.4 is 15.2 Å². The van der Waals surface area contributed by atoms with E-state index in [9.17, 15) is 13.2 Å². The number of anilines is 1. The molecule has 0 aliphatic rings. The molecular weight excluding hydrogens is 390 g/mol. The highest BCUT2D eigenvalue weighted by Crippen LogP contribution is 2.31. The number of carbonyl (C=O) groups is 1. The molecule has 0 heterocycles. The normalized spacial score (nSPS) is 10.8. The van der Waals surface area contributed by atoms with E-state index in [0.29, 0.717) is 5.56 Å². The van der Waals surface area contributed by atoms with E-state index in [1.807, 2.05) is 36.4 Å². The standard InChI is InChI=1S/C21H17N3O4S/c22-14-16-7-4-8-18(11-16)28-19-10-9-17(13-20(19)29(23,26)27)24-21(25)12-15-5-2-1-3-6-15/h1-11,13H,12H2,(H,24,25)(H2,23,26,27). The number of primary sulfonamides is 1. The van der Waals surface area contributed by atoms with Gasteiger partial charge in [0.15, 0.2) is 0 Å². The van der Waals surface area contributed by atoms with Crippen molar-refractivity contribution in [3.8, 4) is 17.6 Å². The van der Waals surface area contributed by atoms with Crippen molar-refractivity contribution in [2.75, 3.05) is 5.32 Å². The molecule has 0 fully saturated rings. The molecule has 0 radical (unpaired) electrons. The molecule has 0 aromatic heterocycles. The molecule has 3 N–H and O–H groups in total. The lowest BCUT2D eigenvalue weighted by molar-refractivity contribution is -0.115. The van der Waals surface area contributed by atoms with Crippen molar-refractivity contribution in [2.24, 2.45) is 5.14 Å². The molecule has 0 saturated carbocycles. The first-order valence-corrected chi connectivity index (χ1v) is 10.1. The lowest BCUT2D eigenvalue weighted by Crippen LogP contribution is -2.17. The fourth-order valence-corrected chi connectivity index (χ4v) is 3.32. The molecule has 0 aliphatic heterocycles. The Morgan fingerprint density at radius 2 is 1.79 bits per heavy atom. The molecular formula is C21H17N3O4S. The first kappa shape index (κ1) is 20.1.